The fourth-order valence-electron chi connectivity index (χ4n) is 2.78. The first kappa shape index (κ1) is 15.2. The van der Waals surface area contributed by atoms with Crippen LogP contribution >= 0.6 is 0 Å². The van der Waals surface area contributed by atoms with Crippen LogP contribution in [0.25, 0.3) is 22.1 Å². The van der Waals surface area contributed by atoms with Crippen molar-refractivity contribution in [3.05, 3.63) is 59.9 Å². The van der Waals surface area contributed by atoms with Crippen LogP contribution in [0.1, 0.15) is 12.5 Å². The molecular formula is C18H15FN6. The SMILES string of the molecule is CCn1c2ccccc2c2nnc(NN=Cc3ccc(F)cc3)nc21. The number of rotatable bonds is 4. The standard InChI is InChI=1S/C18H15FN6/c1-2-25-15-6-4-3-5-14(15)16-17(25)21-18(24-22-16)23-20-11-12-7-9-13(19)10-8-12/h3-11H,2H2,1H3,(H,21,23,24). The number of nitrogens with zero attached hydrogens (tertiary/aromatic N) is 5. The minimum Gasteiger partial charge on any atom is -0.324 e. The van der Waals surface area contributed by atoms with Gasteiger partial charge in [0.1, 0.15) is 11.3 Å². The van der Waals surface area contributed by atoms with Crippen LogP contribution in [0.5, 0.6) is 0 Å². The highest BCUT2D eigenvalue weighted by Gasteiger charge is 2.13. The molecule has 0 fully saturated rings. The summed E-state index contributed by atoms with van der Waals surface area (Å²) in [7, 11) is 0. The van der Waals surface area contributed by atoms with Crippen LogP contribution in [0.2, 0.25) is 0 Å². The first-order valence-corrected chi connectivity index (χ1v) is 7.92. The van der Waals surface area contributed by atoms with Gasteiger partial charge < -0.3 is 4.57 Å². The van der Waals surface area contributed by atoms with Crippen molar-refractivity contribution in [2.45, 2.75) is 13.5 Å². The Hall–Kier alpha value is -3.35. The first-order valence-electron chi connectivity index (χ1n) is 7.92. The van der Waals surface area contributed by atoms with Crippen molar-refractivity contribution in [1.82, 2.24) is 19.7 Å². The van der Waals surface area contributed by atoms with Gasteiger partial charge in [-0.05, 0) is 30.7 Å². The molecule has 0 saturated carbocycles. The van der Waals surface area contributed by atoms with E-state index in [0.29, 0.717) is 5.95 Å². The molecule has 4 aromatic rings. The minimum atomic E-state index is -0.282. The van der Waals surface area contributed by atoms with Crippen molar-refractivity contribution in [3.8, 4) is 0 Å². The number of benzene rings is 2. The Balaban J connectivity index is 1.67. The molecule has 0 aliphatic heterocycles. The van der Waals surface area contributed by atoms with Crippen molar-refractivity contribution in [1.29, 1.82) is 0 Å². The van der Waals surface area contributed by atoms with Crippen molar-refractivity contribution in [2.75, 3.05) is 5.43 Å². The zero-order chi connectivity index (χ0) is 17.2. The summed E-state index contributed by atoms with van der Waals surface area (Å²) in [5.41, 5.74) is 6.15. The zero-order valence-corrected chi connectivity index (χ0v) is 13.5. The molecule has 1 N–H and O–H groups in total. The van der Waals surface area contributed by atoms with Crippen molar-refractivity contribution in [2.24, 2.45) is 5.10 Å². The van der Waals surface area contributed by atoms with Crippen molar-refractivity contribution < 1.29 is 4.39 Å². The van der Waals surface area contributed by atoms with Gasteiger partial charge in [-0.15, -0.1) is 10.2 Å². The Bertz CT molecular complexity index is 1070. The van der Waals surface area contributed by atoms with Gasteiger partial charge in [0, 0.05) is 11.9 Å². The maximum Gasteiger partial charge on any atom is 0.265 e. The largest absolute Gasteiger partial charge is 0.324 e. The van der Waals surface area contributed by atoms with Crippen LogP contribution in [0.3, 0.4) is 0 Å². The van der Waals surface area contributed by atoms with Crippen LogP contribution < -0.4 is 5.43 Å². The number of anilines is 1. The number of para-hydroxylation sites is 1. The lowest BCUT2D eigenvalue weighted by atomic mass is 10.2. The molecule has 0 saturated heterocycles. The average Bonchev–Trinajstić information content (AvgIpc) is 2.96. The Kier molecular flexibility index (Phi) is 3.81. The topological polar surface area (TPSA) is 68.0 Å². The second kappa shape index (κ2) is 6.27. The molecule has 2 heterocycles. The average molecular weight is 334 g/mol. The van der Waals surface area contributed by atoms with E-state index in [1.54, 1.807) is 18.3 Å². The molecule has 4 rings (SSSR count). The van der Waals surface area contributed by atoms with E-state index in [4.69, 9.17) is 0 Å². The van der Waals surface area contributed by atoms with Crippen LogP contribution in [0, 0.1) is 5.82 Å². The monoisotopic (exact) mass is 334 g/mol. The van der Waals surface area contributed by atoms with Crippen LogP contribution in [0.15, 0.2) is 53.6 Å². The third-order valence-corrected chi connectivity index (χ3v) is 3.94. The Morgan fingerprint density at radius 3 is 2.72 bits per heavy atom. The van der Waals surface area contributed by atoms with Gasteiger partial charge in [0.2, 0.25) is 0 Å². The second-order valence-electron chi connectivity index (χ2n) is 5.49. The van der Waals surface area contributed by atoms with E-state index < -0.39 is 0 Å². The molecule has 0 spiro atoms. The molecule has 0 aliphatic carbocycles. The van der Waals surface area contributed by atoms with Crippen LogP contribution in [0.4, 0.5) is 10.3 Å². The Morgan fingerprint density at radius 2 is 1.92 bits per heavy atom. The van der Waals surface area contributed by atoms with Gasteiger partial charge in [0.05, 0.1) is 11.7 Å². The quantitative estimate of drug-likeness (QED) is 0.457. The van der Waals surface area contributed by atoms with Crippen molar-refractivity contribution in [3.63, 3.8) is 0 Å². The fourth-order valence-corrected chi connectivity index (χ4v) is 2.78. The number of hydrazone groups is 1. The molecule has 25 heavy (non-hydrogen) atoms. The highest BCUT2D eigenvalue weighted by Crippen LogP contribution is 2.25. The molecule has 0 unspecified atom stereocenters. The third kappa shape index (κ3) is 2.80. The lowest BCUT2D eigenvalue weighted by Crippen LogP contribution is -2.02. The lowest BCUT2D eigenvalue weighted by Gasteiger charge is -2.02. The number of hydrogen-bond acceptors (Lipinski definition) is 5. The maximum absolute atomic E-state index is 12.9. The molecule has 0 bridgehead atoms. The molecule has 0 atom stereocenters. The number of aryl methyl sites for hydroxylation is 1. The Labute approximate surface area is 143 Å². The summed E-state index contributed by atoms with van der Waals surface area (Å²) >= 11 is 0. The number of halogens is 1. The normalized spacial score (nSPS) is 11.6. The van der Waals surface area contributed by atoms with E-state index in [0.717, 1.165) is 34.2 Å². The van der Waals surface area contributed by atoms with E-state index in [1.165, 1.54) is 12.1 Å². The highest BCUT2D eigenvalue weighted by molar-refractivity contribution is 6.04. The first-order chi connectivity index (χ1) is 12.3. The van der Waals surface area contributed by atoms with E-state index in [-0.39, 0.29) is 5.82 Å². The van der Waals surface area contributed by atoms with Gasteiger partial charge in [-0.2, -0.15) is 10.1 Å². The molecule has 0 amide bonds. The summed E-state index contributed by atoms with van der Waals surface area (Å²) in [5, 5.41) is 13.5. The van der Waals surface area contributed by atoms with E-state index in [1.807, 2.05) is 24.3 Å². The summed E-state index contributed by atoms with van der Waals surface area (Å²) in [6.07, 6.45) is 1.57. The molecule has 0 aliphatic rings. The van der Waals surface area contributed by atoms with Gasteiger partial charge in [-0.1, -0.05) is 30.3 Å². The van der Waals surface area contributed by atoms with Gasteiger partial charge in [-0.3, -0.25) is 0 Å². The molecule has 6 nitrogen and oxygen atoms in total. The molecule has 2 aromatic carbocycles. The molecule has 2 aromatic heterocycles. The zero-order valence-electron chi connectivity index (χ0n) is 13.5. The van der Waals surface area contributed by atoms with Gasteiger partial charge in [0.15, 0.2) is 5.65 Å². The second-order valence-corrected chi connectivity index (χ2v) is 5.49. The van der Waals surface area contributed by atoms with Gasteiger partial charge in [0.25, 0.3) is 5.95 Å². The fraction of sp³-hybridized carbons (Fsp3) is 0.111. The lowest BCUT2D eigenvalue weighted by molar-refractivity contribution is 0.628. The summed E-state index contributed by atoms with van der Waals surface area (Å²) < 4.78 is 15.0. The number of nitrogens with one attached hydrogen (secondary N) is 1. The summed E-state index contributed by atoms with van der Waals surface area (Å²) in [6, 6.07) is 14.1. The van der Waals surface area contributed by atoms with E-state index in [2.05, 4.69) is 37.2 Å². The molecule has 124 valence electrons. The molecular weight excluding hydrogens is 319 g/mol. The van der Waals surface area contributed by atoms with E-state index >= 15 is 0 Å². The smallest absolute Gasteiger partial charge is 0.265 e. The van der Waals surface area contributed by atoms with Crippen LogP contribution in [-0.4, -0.2) is 26.0 Å². The predicted octanol–water partition coefficient (Wildman–Crippen LogP) is 3.58. The highest BCUT2D eigenvalue weighted by atomic mass is 19.1. The number of hydrogen-bond donors (Lipinski definition) is 1. The number of fused-ring (bicyclic) bond motifs is 3. The minimum absolute atomic E-state index is 0.282. The van der Waals surface area contributed by atoms with Crippen LogP contribution in [-0.2, 0) is 6.54 Å². The van der Waals surface area contributed by atoms with Gasteiger partial charge in [-0.25, -0.2) is 9.82 Å². The summed E-state index contributed by atoms with van der Waals surface area (Å²) in [5.74, 6) is 0.0267. The Morgan fingerprint density at radius 1 is 1.12 bits per heavy atom. The number of aromatic nitrogens is 4. The van der Waals surface area contributed by atoms with Gasteiger partial charge >= 0.3 is 0 Å². The summed E-state index contributed by atoms with van der Waals surface area (Å²) in [4.78, 5) is 4.53. The third-order valence-electron chi connectivity index (χ3n) is 3.94. The summed E-state index contributed by atoms with van der Waals surface area (Å²) in [6.45, 7) is 2.84. The molecule has 0 radical (unpaired) electrons. The van der Waals surface area contributed by atoms with Crippen molar-refractivity contribution >= 4 is 34.2 Å². The van der Waals surface area contributed by atoms with E-state index in [9.17, 15) is 4.39 Å². The predicted molar refractivity (Wildman–Crippen MR) is 96.1 cm³/mol. The maximum atomic E-state index is 12.9. The molecule has 7 heteroatoms.